The number of amides is 1. The van der Waals surface area contributed by atoms with Crippen LogP contribution in [-0.2, 0) is 9.59 Å². The van der Waals surface area contributed by atoms with Gasteiger partial charge in [-0.3, -0.25) is 14.5 Å². The van der Waals surface area contributed by atoms with Gasteiger partial charge in [-0.1, -0.05) is 0 Å². The van der Waals surface area contributed by atoms with Gasteiger partial charge in [0.05, 0.1) is 12.5 Å². The maximum Gasteiger partial charge on any atom is 0.305 e. The van der Waals surface area contributed by atoms with Crippen LogP contribution in [-0.4, -0.2) is 60.0 Å². The highest BCUT2D eigenvalue weighted by Gasteiger charge is 2.29. The highest BCUT2D eigenvalue weighted by Crippen LogP contribution is 2.16. The Labute approximate surface area is 89.7 Å². The van der Waals surface area contributed by atoms with Gasteiger partial charge in [0, 0.05) is 13.6 Å². The van der Waals surface area contributed by atoms with Crippen LogP contribution in [0.5, 0.6) is 0 Å². The molecule has 86 valence electrons. The van der Waals surface area contributed by atoms with Crippen LogP contribution < -0.4 is 0 Å². The van der Waals surface area contributed by atoms with Crippen molar-refractivity contribution in [2.24, 2.45) is 0 Å². The molecule has 1 aliphatic rings. The molecule has 0 aromatic heterocycles. The summed E-state index contributed by atoms with van der Waals surface area (Å²) in [6.45, 7) is 1.24. The highest BCUT2D eigenvalue weighted by molar-refractivity contribution is 5.82. The molecule has 1 unspecified atom stereocenters. The second-order valence-electron chi connectivity index (χ2n) is 4.04. The van der Waals surface area contributed by atoms with E-state index in [1.807, 2.05) is 11.9 Å². The SMILES string of the molecule is CN(CCC(=O)O)C(=O)C1CCCN1C. The number of likely N-dealkylation sites (N-methyl/N-ethyl adjacent to an activating group) is 2. The zero-order valence-corrected chi connectivity index (χ0v) is 9.27. The summed E-state index contributed by atoms with van der Waals surface area (Å²) >= 11 is 0. The van der Waals surface area contributed by atoms with Crippen molar-refractivity contribution < 1.29 is 14.7 Å². The molecule has 1 rings (SSSR count). The Kier molecular flexibility index (Phi) is 4.08. The fourth-order valence-corrected chi connectivity index (χ4v) is 1.85. The third-order valence-corrected chi connectivity index (χ3v) is 2.84. The Bertz CT molecular complexity index is 255. The van der Waals surface area contributed by atoms with Gasteiger partial charge in [0.15, 0.2) is 0 Å². The summed E-state index contributed by atoms with van der Waals surface area (Å²) in [6.07, 6.45) is 1.94. The molecule has 1 N–H and O–H groups in total. The van der Waals surface area contributed by atoms with Gasteiger partial charge in [-0.05, 0) is 26.4 Å². The number of nitrogens with zero attached hydrogens (tertiary/aromatic N) is 2. The predicted molar refractivity (Wildman–Crippen MR) is 55.5 cm³/mol. The van der Waals surface area contributed by atoms with E-state index in [0.29, 0.717) is 6.54 Å². The van der Waals surface area contributed by atoms with E-state index in [1.54, 1.807) is 7.05 Å². The highest BCUT2D eigenvalue weighted by atomic mass is 16.4. The number of carbonyl (C=O) groups is 2. The van der Waals surface area contributed by atoms with E-state index in [-0.39, 0.29) is 18.4 Å². The largest absolute Gasteiger partial charge is 0.481 e. The molecule has 1 fully saturated rings. The van der Waals surface area contributed by atoms with Crippen molar-refractivity contribution in [3.8, 4) is 0 Å². The minimum Gasteiger partial charge on any atom is -0.481 e. The van der Waals surface area contributed by atoms with Crippen molar-refractivity contribution in [1.29, 1.82) is 0 Å². The van der Waals surface area contributed by atoms with E-state index in [1.165, 1.54) is 4.90 Å². The summed E-state index contributed by atoms with van der Waals surface area (Å²) in [5.74, 6) is -0.828. The summed E-state index contributed by atoms with van der Waals surface area (Å²) in [6, 6.07) is -0.0520. The van der Waals surface area contributed by atoms with Crippen LogP contribution in [0.2, 0.25) is 0 Å². The molecule has 1 heterocycles. The van der Waals surface area contributed by atoms with Crippen molar-refractivity contribution in [3.63, 3.8) is 0 Å². The average Bonchev–Trinajstić information content (AvgIpc) is 2.59. The van der Waals surface area contributed by atoms with Crippen LogP contribution in [0.25, 0.3) is 0 Å². The molecule has 15 heavy (non-hydrogen) atoms. The lowest BCUT2D eigenvalue weighted by Crippen LogP contribution is -2.43. The molecule has 1 aliphatic heterocycles. The molecular formula is C10H18N2O3. The number of likely N-dealkylation sites (tertiary alicyclic amines) is 1. The van der Waals surface area contributed by atoms with Crippen LogP contribution in [0.4, 0.5) is 0 Å². The second-order valence-corrected chi connectivity index (χ2v) is 4.04. The van der Waals surface area contributed by atoms with Gasteiger partial charge in [-0.15, -0.1) is 0 Å². The molecule has 0 aromatic rings. The Morgan fingerprint density at radius 2 is 2.20 bits per heavy atom. The quantitative estimate of drug-likeness (QED) is 0.716. The van der Waals surface area contributed by atoms with E-state index < -0.39 is 5.97 Å². The Morgan fingerprint density at radius 3 is 2.67 bits per heavy atom. The van der Waals surface area contributed by atoms with Crippen molar-refractivity contribution >= 4 is 11.9 Å². The third-order valence-electron chi connectivity index (χ3n) is 2.84. The van der Waals surface area contributed by atoms with Crippen LogP contribution in [0.3, 0.4) is 0 Å². The summed E-state index contributed by atoms with van der Waals surface area (Å²) in [4.78, 5) is 25.8. The van der Waals surface area contributed by atoms with Crippen LogP contribution >= 0.6 is 0 Å². The fraction of sp³-hybridized carbons (Fsp3) is 0.800. The average molecular weight is 214 g/mol. The topological polar surface area (TPSA) is 60.9 Å². The number of hydrogen-bond donors (Lipinski definition) is 1. The molecule has 0 spiro atoms. The van der Waals surface area contributed by atoms with Gasteiger partial charge < -0.3 is 10.0 Å². The number of carboxylic acid groups (broad SMARTS) is 1. The van der Waals surface area contributed by atoms with Gasteiger partial charge in [-0.25, -0.2) is 0 Å². The van der Waals surface area contributed by atoms with E-state index in [9.17, 15) is 9.59 Å². The third kappa shape index (κ3) is 3.20. The first-order valence-corrected chi connectivity index (χ1v) is 5.19. The zero-order chi connectivity index (χ0) is 11.4. The molecule has 1 saturated heterocycles. The summed E-state index contributed by atoms with van der Waals surface area (Å²) < 4.78 is 0. The first kappa shape index (κ1) is 12.0. The molecule has 1 atom stereocenters. The number of carbonyl (C=O) groups excluding carboxylic acids is 1. The molecule has 0 radical (unpaired) electrons. The predicted octanol–water partition coefficient (Wildman–Crippen LogP) is 0.0137. The molecule has 5 heteroatoms. The van der Waals surface area contributed by atoms with Gasteiger partial charge in [0.25, 0.3) is 0 Å². The second kappa shape index (κ2) is 5.11. The zero-order valence-electron chi connectivity index (χ0n) is 9.27. The van der Waals surface area contributed by atoms with Gasteiger partial charge >= 0.3 is 5.97 Å². The Morgan fingerprint density at radius 1 is 1.53 bits per heavy atom. The van der Waals surface area contributed by atoms with E-state index >= 15 is 0 Å². The van der Waals surface area contributed by atoms with Crippen molar-refractivity contribution in [3.05, 3.63) is 0 Å². The first-order chi connectivity index (χ1) is 7.02. The normalized spacial score (nSPS) is 21.6. The molecule has 1 amide bonds. The monoisotopic (exact) mass is 214 g/mol. The van der Waals surface area contributed by atoms with Gasteiger partial charge in [0.1, 0.15) is 0 Å². The molecule has 0 bridgehead atoms. The number of rotatable bonds is 4. The standard InChI is InChI=1S/C10H18N2O3/c1-11-6-3-4-8(11)10(15)12(2)7-5-9(13)14/h8H,3-7H2,1-2H3,(H,13,14). The van der Waals surface area contributed by atoms with Crippen molar-refractivity contribution in [2.75, 3.05) is 27.2 Å². The molecule has 0 aromatic carbocycles. The summed E-state index contributed by atoms with van der Waals surface area (Å²) in [5.41, 5.74) is 0. The minimum atomic E-state index is -0.866. The number of aliphatic carboxylic acids is 1. The van der Waals surface area contributed by atoms with E-state index in [0.717, 1.165) is 19.4 Å². The maximum atomic E-state index is 11.9. The van der Waals surface area contributed by atoms with Crippen molar-refractivity contribution in [2.45, 2.75) is 25.3 Å². The minimum absolute atomic E-state index is 0.0126. The maximum absolute atomic E-state index is 11.9. The van der Waals surface area contributed by atoms with Crippen LogP contribution in [0, 0.1) is 0 Å². The summed E-state index contributed by atoms with van der Waals surface area (Å²) in [7, 11) is 3.60. The molecule has 0 aliphatic carbocycles. The molecular weight excluding hydrogens is 196 g/mol. The fourth-order valence-electron chi connectivity index (χ4n) is 1.85. The van der Waals surface area contributed by atoms with Gasteiger partial charge in [-0.2, -0.15) is 0 Å². The lowest BCUT2D eigenvalue weighted by molar-refractivity contribution is -0.139. The van der Waals surface area contributed by atoms with Crippen molar-refractivity contribution in [1.82, 2.24) is 9.80 Å². The first-order valence-electron chi connectivity index (χ1n) is 5.19. The Hall–Kier alpha value is -1.10. The summed E-state index contributed by atoms with van der Waals surface area (Å²) in [5, 5.41) is 8.51. The van der Waals surface area contributed by atoms with Crippen LogP contribution in [0.1, 0.15) is 19.3 Å². The molecule has 0 saturated carbocycles. The lowest BCUT2D eigenvalue weighted by Gasteiger charge is -2.24. The van der Waals surface area contributed by atoms with Gasteiger partial charge in [0.2, 0.25) is 5.91 Å². The van der Waals surface area contributed by atoms with E-state index in [4.69, 9.17) is 5.11 Å². The van der Waals surface area contributed by atoms with E-state index in [2.05, 4.69) is 0 Å². The van der Waals surface area contributed by atoms with Crippen LogP contribution in [0.15, 0.2) is 0 Å². The lowest BCUT2D eigenvalue weighted by atomic mass is 10.2. The smallest absolute Gasteiger partial charge is 0.305 e. The number of carboxylic acids is 1. The number of hydrogen-bond acceptors (Lipinski definition) is 3. The Balaban J connectivity index is 2.41. The molecule has 5 nitrogen and oxygen atoms in total.